The van der Waals surface area contributed by atoms with Crippen LogP contribution in [0.2, 0.25) is 0 Å². The lowest BCUT2D eigenvalue weighted by atomic mass is 9.91. The molecule has 27 heavy (non-hydrogen) atoms. The highest BCUT2D eigenvalue weighted by Gasteiger charge is 2.22. The van der Waals surface area contributed by atoms with Crippen molar-refractivity contribution in [1.82, 2.24) is 4.90 Å². The van der Waals surface area contributed by atoms with Gasteiger partial charge in [0.05, 0.1) is 12.5 Å². The topological polar surface area (TPSA) is 52.6 Å². The first-order valence-electron chi connectivity index (χ1n) is 10.0. The highest BCUT2D eigenvalue weighted by Crippen LogP contribution is 2.28. The Kier molecular flexibility index (Phi) is 5.55. The van der Waals surface area contributed by atoms with Crippen LogP contribution >= 0.6 is 0 Å². The fraction of sp³-hybridized carbons (Fsp3) is 0.435. The Morgan fingerprint density at radius 2 is 2.04 bits per heavy atom. The Morgan fingerprint density at radius 1 is 1.19 bits per heavy atom. The molecule has 4 rings (SSSR count). The minimum atomic E-state index is -0.472. The lowest BCUT2D eigenvalue weighted by Crippen LogP contribution is -2.37. The van der Waals surface area contributed by atoms with Gasteiger partial charge in [0, 0.05) is 18.8 Å². The van der Waals surface area contributed by atoms with Crippen molar-refractivity contribution in [3.05, 3.63) is 65.2 Å². The van der Waals surface area contributed by atoms with E-state index in [0.29, 0.717) is 12.3 Å². The molecule has 0 radical (unpaired) electrons. The van der Waals surface area contributed by atoms with Crippen LogP contribution in [0.4, 0.5) is 5.69 Å². The fourth-order valence-corrected chi connectivity index (χ4v) is 4.40. The largest absolute Gasteiger partial charge is 0.388 e. The van der Waals surface area contributed by atoms with Gasteiger partial charge in [-0.3, -0.25) is 4.79 Å². The van der Waals surface area contributed by atoms with Crippen molar-refractivity contribution in [3.8, 4) is 0 Å². The van der Waals surface area contributed by atoms with Crippen LogP contribution in [0, 0.1) is 5.92 Å². The van der Waals surface area contributed by atoms with Crippen LogP contribution < -0.4 is 5.32 Å². The first-order chi connectivity index (χ1) is 13.2. The van der Waals surface area contributed by atoms with E-state index in [1.807, 2.05) is 18.2 Å². The molecule has 1 saturated heterocycles. The highest BCUT2D eigenvalue weighted by molar-refractivity contribution is 5.99. The number of fused-ring (bicyclic) bond motifs is 1. The molecule has 1 amide bonds. The Labute approximate surface area is 161 Å². The first kappa shape index (κ1) is 18.2. The van der Waals surface area contributed by atoms with Gasteiger partial charge in [0.1, 0.15) is 0 Å². The molecule has 0 aliphatic carbocycles. The second kappa shape index (κ2) is 8.24. The molecular formula is C23H28N2O2. The van der Waals surface area contributed by atoms with Crippen LogP contribution in [0.25, 0.3) is 0 Å². The first-order valence-corrected chi connectivity index (χ1v) is 10.0. The number of amides is 1. The number of carbonyl (C=O) groups is 1. The summed E-state index contributed by atoms with van der Waals surface area (Å²) in [4.78, 5) is 14.0. The molecule has 2 atom stereocenters. The molecule has 4 nitrogen and oxygen atoms in total. The summed E-state index contributed by atoms with van der Waals surface area (Å²) in [7, 11) is 0. The van der Waals surface area contributed by atoms with Crippen LogP contribution in [0.3, 0.4) is 0 Å². The minimum absolute atomic E-state index is 0.0365. The van der Waals surface area contributed by atoms with Gasteiger partial charge < -0.3 is 15.3 Å². The van der Waals surface area contributed by atoms with E-state index in [4.69, 9.17) is 0 Å². The second-order valence-electron chi connectivity index (χ2n) is 7.94. The number of likely N-dealkylation sites (tertiary alicyclic amines) is 1. The standard InChI is InChI=1S/C23H28N2O2/c26-22(19-8-9-21-20(14-19)15-23(27)24-21)10-12-25-11-4-7-18(16-25)13-17-5-2-1-3-6-17/h1-3,5-6,8-9,14,18,22,26H,4,7,10-13,15-16H2,(H,24,27). The normalized spacial score (nSPS) is 20.9. The number of anilines is 1. The summed E-state index contributed by atoms with van der Waals surface area (Å²) >= 11 is 0. The summed E-state index contributed by atoms with van der Waals surface area (Å²) in [5.74, 6) is 0.741. The monoisotopic (exact) mass is 364 g/mol. The molecule has 2 unspecified atom stereocenters. The number of nitrogens with zero attached hydrogens (tertiary/aromatic N) is 1. The number of carbonyl (C=O) groups excluding carboxylic acids is 1. The third-order valence-electron chi connectivity index (χ3n) is 5.83. The number of hydrogen-bond donors (Lipinski definition) is 2. The van der Waals surface area contributed by atoms with E-state index in [1.165, 1.54) is 18.4 Å². The van der Waals surface area contributed by atoms with Gasteiger partial charge in [-0.15, -0.1) is 0 Å². The van der Waals surface area contributed by atoms with E-state index in [-0.39, 0.29) is 5.91 Å². The summed E-state index contributed by atoms with van der Waals surface area (Å²) < 4.78 is 0. The van der Waals surface area contributed by atoms with E-state index in [1.54, 1.807) is 0 Å². The van der Waals surface area contributed by atoms with Crippen molar-refractivity contribution in [3.63, 3.8) is 0 Å². The average Bonchev–Trinajstić information content (AvgIpc) is 3.06. The molecule has 2 aliphatic heterocycles. The lowest BCUT2D eigenvalue weighted by molar-refractivity contribution is -0.115. The van der Waals surface area contributed by atoms with Gasteiger partial charge in [-0.25, -0.2) is 0 Å². The van der Waals surface area contributed by atoms with Gasteiger partial charge in [0.25, 0.3) is 0 Å². The maximum absolute atomic E-state index is 11.5. The third-order valence-corrected chi connectivity index (χ3v) is 5.83. The summed E-state index contributed by atoms with van der Waals surface area (Å²) in [5, 5.41) is 13.5. The quantitative estimate of drug-likeness (QED) is 0.824. The Balaban J connectivity index is 1.29. The molecule has 2 aromatic rings. The van der Waals surface area contributed by atoms with E-state index >= 15 is 0 Å². The fourth-order valence-electron chi connectivity index (χ4n) is 4.40. The summed E-state index contributed by atoms with van der Waals surface area (Å²) in [5.41, 5.74) is 4.22. The zero-order valence-electron chi connectivity index (χ0n) is 15.7. The summed E-state index contributed by atoms with van der Waals surface area (Å²) in [6.07, 6.45) is 4.35. The van der Waals surface area contributed by atoms with E-state index < -0.39 is 6.10 Å². The molecule has 0 spiro atoms. The lowest BCUT2D eigenvalue weighted by Gasteiger charge is -2.33. The Hall–Kier alpha value is -2.17. The predicted octanol–water partition coefficient (Wildman–Crippen LogP) is 3.56. The summed E-state index contributed by atoms with van der Waals surface area (Å²) in [6.45, 7) is 3.16. The highest BCUT2D eigenvalue weighted by atomic mass is 16.3. The zero-order chi connectivity index (χ0) is 18.6. The van der Waals surface area contributed by atoms with Gasteiger partial charge in [-0.1, -0.05) is 42.5 Å². The number of piperidine rings is 1. The van der Waals surface area contributed by atoms with Gasteiger partial charge in [0.2, 0.25) is 5.91 Å². The van der Waals surface area contributed by atoms with Crippen LogP contribution in [-0.4, -0.2) is 35.5 Å². The van der Waals surface area contributed by atoms with E-state index in [9.17, 15) is 9.90 Å². The van der Waals surface area contributed by atoms with Crippen LogP contribution in [-0.2, 0) is 17.6 Å². The number of rotatable bonds is 6. The zero-order valence-corrected chi connectivity index (χ0v) is 15.7. The number of aliphatic hydroxyl groups excluding tert-OH is 1. The molecule has 4 heteroatoms. The number of hydrogen-bond acceptors (Lipinski definition) is 3. The van der Waals surface area contributed by atoms with E-state index in [0.717, 1.165) is 49.3 Å². The summed E-state index contributed by atoms with van der Waals surface area (Å²) in [6, 6.07) is 16.6. The molecule has 2 aliphatic rings. The Bertz CT molecular complexity index is 790. The van der Waals surface area contributed by atoms with Gasteiger partial charge in [-0.05, 0) is 60.9 Å². The molecule has 0 aromatic heterocycles. The van der Waals surface area contributed by atoms with Crippen LogP contribution in [0.15, 0.2) is 48.5 Å². The van der Waals surface area contributed by atoms with Crippen molar-refractivity contribution in [2.75, 3.05) is 25.0 Å². The average molecular weight is 364 g/mol. The molecule has 0 saturated carbocycles. The predicted molar refractivity (Wildman–Crippen MR) is 108 cm³/mol. The molecule has 1 fully saturated rings. The van der Waals surface area contributed by atoms with Crippen molar-refractivity contribution in [2.45, 2.75) is 38.2 Å². The smallest absolute Gasteiger partial charge is 0.228 e. The second-order valence-corrected chi connectivity index (χ2v) is 7.94. The molecular weight excluding hydrogens is 336 g/mol. The SMILES string of the molecule is O=C1Cc2cc(C(O)CCN3CCCC(Cc4ccccc4)C3)ccc2N1. The molecule has 2 heterocycles. The van der Waals surface area contributed by atoms with Crippen LogP contribution in [0.1, 0.15) is 42.1 Å². The van der Waals surface area contributed by atoms with Gasteiger partial charge in [-0.2, -0.15) is 0 Å². The number of aliphatic hydroxyl groups is 1. The number of benzene rings is 2. The van der Waals surface area contributed by atoms with Crippen molar-refractivity contribution >= 4 is 11.6 Å². The third kappa shape index (κ3) is 4.57. The molecule has 142 valence electrons. The Morgan fingerprint density at radius 3 is 2.89 bits per heavy atom. The maximum atomic E-state index is 11.5. The van der Waals surface area contributed by atoms with Crippen molar-refractivity contribution in [2.24, 2.45) is 5.92 Å². The minimum Gasteiger partial charge on any atom is -0.388 e. The molecule has 0 bridgehead atoms. The maximum Gasteiger partial charge on any atom is 0.228 e. The molecule has 2 aromatic carbocycles. The van der Waals surface area contributed by atoms with Crippen molar-refractivity contribution in [1.29, 1.82) is 0 Å². The molecule has 2 N–H and O–H groups in total. The van der Waals surface area contributed by atoms with Gasteiger partial charge >= 0.3 is 0 Å². The van der Waals surface area contributed by atoms with Gasteiger partial charge in [0.15, 0.2) is 0 Å². The van der Waals surface area contributed by atoms with Crippen LogP contribution in [0.5, 0.6) is 0 Å². The van der Waals surface area contributed by atoms with Crippen molar-refractivity contribution < 1.29 is 9.90 Å². The number of nitrogens with one attached hydrogen (secondary N) is 1. The van der Waals surface area contributed by atoms with E-state index in [2.05, 4.69) is 40.5 Å².